The van der Waals surface area contributed by atoms with Crippen LogP contribution in [-0.4, -0.2) is 55.8 Å². The molecule has 0 atom stereocenters. The second kappa shape index (κ2) is 8.29. The molecule has 1 aromatic carbocycles. The van der Waals surface area contributed by atoms with Crippen LogP contribution in [0.2, 0.25) is 0 Å². The van der Waals surface area contributed by atoms with Crippen LogP contribution in [0.4, 0.5) is 10.5 Å². The summed E-state index contributed by atoms with van der Waals surface area (Å²) in [5.74, 6) is 0.592. The Labute approximate surface area is 194 Å². The Morgan fingerprint density at radius 1 is 1.15 bits per heavy atom. The topological polar surface area (TPSA) is 101 Å². The van der Waals surface area contributed by atoms with Crippen molar-refractivity contribution in [1.29, 1.82) is 0 Å². The molecule has 9 heteroatoms. The van der Waals surface area contributed by atoms with E-state index < -0.39 is 16.1 Å². The molecule has 4 heterocycles. The lowest BCUT2D eigenvalue weighted by molar-refractivity contribution is -0.0536. The molecule has 8 nitrogen and oxygen atoms in total. The standard InChI is InChI=1S/C24H30N4O4S/c1-16-14-17-4-3-5-19(17)22(26-23(29)27-33(2,30)31)21(16)18-6-10-25-20(15-18)32-24-7-11-28(12-8-24)13-9-24/h6,10,14-15H,3-5,7-9,11-13H2,1-2H3,(H2,26,27,29). The van der Waals surface area contributed by atoms with Crippen LogP contribution < -0.4 is 14.8 Å². The number of fused-ring (bicyclic) bond motifs is 4. The van der Waals surface area contributed by atoms with Crippen LogP contribution in [0.5, 0.6) is 5.88 Å². The van der Waals surface area contributed by atoms with Crippen LogP contribution in [0.15, 0.2) is 24.4 Å². The number of amides is 2. The number of pyridine rings is 1. The second-order valence-electron chi connectivity index (χ2n) is 9.52. The Morgan fingerprint density at radius 3 is 2.58 bits per heavy atom. The zero-order valence-corrected chi connectivity index (χ0v) is 19.9. The number of nitrogens with one attached hydrogen (secondary N) is 2. The number of aromatic nitrogens is 1. The van der Waals surface area contributed by atoms with E-state index in [2.05, 4.69) is 21.3 Å². The minimum atomic E-state index is -3.67. The fourth-order valence-corrected chi connectivity index (χ4v) is 5.89. The van der Waals surface area contributed by atoms with Gasteiger partial charge in [-0.1, -0.05) is 6.07 Å². The summed E-state index contributed by atoms with van der Waals surface area (Å²) in [5.41, 5.74) is 5.58. The lowest BCUT2D eigenvalue weighted by Crippen LogP contribution is -2.55. The van der Waals surface area contributed by atoms with Crippen molar-refractivity contribution in [2.75, 3.05) is 31.2 Å². The van der Waals surface area contributed by atoms with Gasteiger partial charge in [0.1, 0.15) is 5.60 Å². The van der Waals surface area contributed by atoms with Gasteiger partial charge < -0.3 is 15.0 Å². The smallest absolute Gasteiger partial charge is 0.332 e. The quantitative estimate of drug-likeness (QED) is 0.696. The van der Waals surface area contributed by atoms with Gasteiger partial charge in [0.25, 0.3) is 0 Å². The number of carbonyl (C=O) groups excluding carboxylic acids is 1. The molecular weight excluding hydrogens is 440 g/mol. The van der Waals surface area contributed by atoms with Gasteiger partial charge in [0, 0.05) is 37.5 Å². The third-order valence-electron chi connectivity index (χ3n) is 7.11. The normalized spacial score (nSPS) is 23.8. The number of rotatable bonds is 5. The average Bonchev–Trinajstić information content (AvgIpc) is 3.22. The van der Waals surface area contributed by atoms with Gasteiger partial charge >= 0.3 is 6.03 Å². The van der Waals surface area contributed by atoms with Crippen LogP contribution in [0.3, 0.4) is 0 Å². The Balaban J connectivity index is 1.51. The number of hydrogen-bond acceptors (Lipinski definition) is 6. The third-order valence-corrected chi connectivity index (χ3v) is 7.67. The van der Waals surface area contributed by atoms with Gasteiger partial charge in [-0.15, -0.1) is 0 Å². The maximum atomic E-state index is 12.5. The van der Waals surface area contributed by atoms with E-state index in [-0.39, 0.29) is 5.60 Å². The highest BCUT2D eigenvalue weighted by Gasteiger charge is 2.41. The van der Waals surface area contributed by atoms with E-state index in [0.29, 0.717) is 11.6 Å². The van der Waals surface area contributed by atoms with Crippen LogP contribution >= 0.6 is 0 Å². The van der Waals surface area contributed by atoms with Gasteiger partial charge in [0.15, 0.2) is 0 Å². The summed E-state index contributed by atoms with van der Waals surface area (Å²) in [7, 11) is -3.67. The summed E-state index contributed by atoms with van der Waals surface area (Å²) in [6, 6.07) is 5.28. The Morgan fingerprint density at radius 2 is 1.88 bits per heavy atom. The molecule has 2 bridgehead atoms. The van der Waals surface area contributed by atoms with Crippen molar-refractivity contribution < 1.29 is 17.9 Å². The van der Waals surface area contributed by atoms with E-state index in [0.717, 1.165) is 86.7 Å². The van der Waals surface area contributed by atoms with E-state index in [1.54, 1.807) is 6.20 Å². The summed E-state index contributed by atoms with van der Waals surface area (Å²) in [6.45, 7) is 5.21. The third kappa shape index (κ3) is 4.56. The van der Waals surface area contributed by atoms with Crippen molar-refractivity contribution in [3.8, 4) is 17.0 Å². The lowest BCUT2D eigenvalue weighted by atomic mass is 9.83. The number of aryl methyl sites for hydroxylation is 2. The highest BCUT2D eigenvalue weighted by Crippen LogP contribution is 2.42. The molecule has 4 aliphatic rings. The van der Waals surface area contributed by atoms with Crippen LogP contribution in [0.1, 0.15) is 42.4 Å². The summed E-state index contributed by atoms with van der Waals surface area (Å²) in [6.07, 6.45) is 8.53. The minimum absolute atomic E-state index is 0.149. The minimum Gasteiger partial charge on any atom is -0.471 e. The van der Waals surface area contributed by atoms with Crippen molar-refractivity contribution in [1.82, 2.24) is 14.6 Å². The van der Waals surface area contributed by atoms with E-state index >= 15 is 0 Å². The van der Waals surface area contributed by atoms with Crippen molar-refractivity contribution in [2.45, 2.75) is 51.0 Å². The summed E-state index contributed by atoms with van der Waals surface area (Å²) < 4.78 is 31.7. The molecule has 2 amide bonds. The van der Waals surface area contributed by atoms with E-state index in [1.165, 1.54) is 5.56 Å². The molecule has 0 unspecified atom stereocenters. The molecule has 3 saturated heterocycles. The van der Waals surface area contributed by atoms with Crippen LogP contribution in [0.25, 0.3) is 11.1 Å². The monoisotopic (exact) mass is 470 g/mol. The largest absolute Gasteiger partial charge is 0.471 e. The van der Waals surface area contributed by atoms with Gasteiger partial charge in [0.05, 0.1) is 11.9 Å². The van der Waals surface area contributed by atoms with Crippen LogP contribution in [0, 0.1) is 6.92 Å². The first-order valence-electron chi connectivity index (χ1n) is 11.5. The molecule has 33 heavy (non-hydrogen) atoms. The van der Waals surface area contributed by atoms with Gasteiger partial charge in [-0.2, -0.15) is 0 Å². The molecule has 0 radical (unpaired) electrons. The maximum absolute atomic E-state index is 12.5. The number of urea groups is 1. The number of benzene rings is 1. The number of hydrogen-bond donors (Lipinski definition) is 2. The first kappa shape index (κ1) is 22.2. The second-order valence-corrected chi connectivity index (χ2v) is 11.3. The van der Waals surface area contributed by atoms with Gasteiger partial charge in [-0.3, -0.25) is 0 Å². The van der Waals surface area contributed by atoms with E-state index in [4.69, 9.17) is 4.74 Å². The SMILES string of the molecule is Cc1cc2c(c(NC(=O)NS(C)(=O)=O)c1-c1ccnc(OC34CCN(CC3)CC4)c1)CCC2. The number of nitrogens with zero attached hydrogens (tertiary/aromatic N) is 2. The molecule has 2 aromatic rings. The first-order valence-corrected chi connectivity index (χ1v) is 13.4. The zero-order chi connectivity index (χ0) is 23.2. The predicted molar refractivity (Wildman–Crippen MR) is 127 cm³/mol. The fourth-order valence-electron chi connectivity index (χ4n) is 5.50. The Hall–Kier alpha value is -2.65. The molecule has 3 fully saturated rings. The van der Waals surface area contributed by atoms with Crippen molar-refractivity contribution in [2.24, 2.45) is 0 Å². The van der Waals surface area contributed by atoms with Gasteiger partial charge in [0.2, 0.25) is 15.9 Å². The Kier molecular flexibility index (Phi) is 5.56. The van der Waals surface area contributed by atoms with Crippen LogP contribution in [-0.2, 0) is 22.9 Å². The molecule has 1 aliphatic carbocycles. The van der Waals surface area contributed by atoms with Crippen molar-refractivity contribution in [3.63, 3.8) is 0 Å². The lowest BCUT2D eigenvalue weighted by Gasteiger charge is -2.47. The molecule has 176 valence electrons. The zero-order valence-electron chi connectivity index (χ0n) is 19.1. The number of sulfonamides is 1. The first-order chi connectivity index (χ1) is 15.7. The molecule has 1 aromatic heterocycles. The predicted octanol–water partition coefficient (Wildman–Crippen LogP) is 3.24. The Bertz CT molecular complexity index is 1190. The summed E-state index contributed by atoms with van der Waals surface area (Å²) >= 11 is 0. The number of anilines is 1. The van der Waals surface area contributed by atoms with Gasteiger partial charge in [-0.05, 0) is 73.8 Å². The molecule has 6 rings (SSSR count). The molecule has 0 spiro atoms. The summed E-state index contributed by atoms with van der Waals surface area (Å²) in [5, 5.41) is 2.84. The van der Waals surface area contributed by atoms with E-state index in [1.807, 2.05) is 23.8 Å². The average molecular weight is 471 g/mol. The fraction of sp³-hybridized carbons (Fsp3) is 0.500. The number of carbonyl (C=O) groups is 1. The number of ether oxygens (including phenoxy) is 1. The molecule has 3 aliphatic heterocycles. The number of piperidine rings is 3. The highest BCUT2D eigenvalue weighted by atomic mass is 32.2. The highest BCUT2D eigenvalue weighted by molar-refractivity contribution is 7.89. The van der Waals surface area contributed by atoms with Crippen molar-refractivity contribution in [3.05, 3.63) is 41.1 Å². The van der Waals surface area contributed by atoms with Crippen molar-refractivity contribution >= 4 is 21.7 Å². The van der Waals surface area contributed by atoms with E-state index in [9.17, 15) is 13.2 Å². The molecule has 2 N–H and O–H groups in total. The maximum Gasteiger partial charge on any atom is 0.332 e. The van der Waals surface area contributed by atoms with Gasteiger partial charge in [-0.25, -0.2) is 22.9 Å². The molecule has 0 saturated carbocycles. The molecular formula is C24H30N4O4S. The summed E-state index contributed by atoms with van der Waals surface area (Å²) in [4.78, 5) is 19.5.